The fourth-order valence-electron chi connectivity index (χ4n) is 1.75. The molecule has 0 saturated heterocycles. The average molecular weight is 351 g/mol. The largest absolute Gasteiger partial charge is 0.398 e. The molecule has 2 aromatic rings. The van der Waals surface area contributed by atoms with E-state index in [1.54, 1.807) is 6.92 Å². The second-order valence-electron chi connectivity index (χ2n) is 4.16. The van der Waals surface area contributed by atoms with E-state index in [1.165, 1.54) is 23.5 Å². The third-order valence-electron chi connectivity index (χ3n) is 2.61. The Morgan fingerprint density at radius 2 is 2.05 bits per heavy atom. The summed E-state index contributed by atoms with van der Waals surface area (Å²) >= 11 is 13.2. The van der Waals surface area contributed by atoms with Gasteiger partial charge in [-0.3, -0.25) is 0 Å². The summed E-state index contributed by atoms with van der Waals surface area (Å²) in [6.45, 7) is 1.75. The standard InChI is InChI=1S/C12H12Cl2N2O2S2/c1-7(11-3-2-4-19-11)16-20(17,18)12-9(14)5-8(13)6-10(12)15/h2-7,16H,15H2,1H3. The van der Waals surface area contributed by atoms with E-state index in [0.29, 0.717) is 0 Å². The maximum atomic E-state index is 12.4. The van der Waals surface area contributed by atoms with Crippen LogP contribution in [0.2, 0.25) is 10.0 Å². The minimum atomic E-state index is -3.82. The molecule has 0 fully saturated rings. The monoisotopic (exact) mass is 350 g/mol. The van der Waals surface area contributed by atoms with Gasteiger partial charge in [0.2, 0.25) is 10.0 Å². The van der Waals surface area contributed by atoms with Crippen LogP contribution in [-0.2, 0) is 10.0 Å². The van der Waals surface area contributed by atoms with Crippen LogP contribution in [0.15, 0.2) is 34.5 Å². The summed E-state index contributed by atoms with van der Waals surface area (Å²) in [5.74, 6) is 0. The molecule has 1 unspecified atom stereocenters. The van der Waals surface area contributed by atoms with Gasteiger partial charge in [-0.05, 0) is 30.5 Å². The summed E-state index contributed by atoms with van der Waals surface area (Å²) in [5, 5.41) is 2.17. The van der Waals surface area contributed by atoms with Crippen molar-refractivity contribution in [2.75, 3.05) is 5.73 Å². The Hall–Kier alpha value is -0.790. The number of rotatable bonds is 4. The normalized spacial score (nSPS) is 13.3. The van der Waals surface area contributed by atoms with Crippen LogP contribution in [0.5, 0.6) is 0 Å². The Bertz CT molecular complexity index is 692. The number of thiophene rings is 1. The van der Waals surface area contributed by atoms with Gasteiger partial charge in [-0.2, -0.15) is 0 Å². The lowest BCUT2D eigenvalue weighted by molar-refractivity contribution is 0.569. The third-order valence-corrected chi connectivity index (χ3v) is 5.95. The van der Waals surface area contributed by atoms with Crippen LogP contribution >= 0.6 is 34.5 Å². The molecule has 108 valence electrons. The number of hydrogen-bond acceptors (Lipinski definition) is 4. The van der Waals surface area contributed by atoms with Crippen molar-refractivity contribution in [3.63, 3.8) is 0 Å². The van der Waals surface area contributed by atoms with Crippen molar-refractivity contribution in [3.05, 3.63) is 44.6 Å². The molecule has 2 rings (SSSR count). The molecule has 0 amide bonds. The van der Waals surface area contributed by atoms with E-state index < -0.39 is 10.0 Å². The number of sulfonamides is 1. The second-order valence-corrected chi connectivity index (χ2v) is 7.64. The number of hydrogen-bond donors (Lipinski definition) is 2. The maximum Gasteiger partial charge on any atom is 0.244 e. The van der Waals surface area contributed by atoms with Crippen LogP contribution in [0.4, 0.5) is 5.69 Å². The summed E-state index contributed by atoms with van der Waals surface area (Å²) in [4.78, 5) is 0.754. The van der Waals surface area contributed by atoms with Crippen LogP contribution in [0.3, 0.4) is 0 Å². The van der Waals surface area contributed by atoms with Gasteiger partial charge in [0.1, 0.15) is 4.90 Å². The molecule has 1 aromatic heterocycles. The number of halogens is 2. The van der Waals surface area contributed by atoms with E-state index >= 15 is 0 Å². The van der Waals surface area contributed by atoms with Crippen molar-refractivity contribution in [1.82, 2.24) is 4.72 Å². The second kappa shape index (κ2) is 5.91. The SMILES string of the molecule is CC(NS(=O)(=O)c1c(N)cc(Cl)cc1Cl)c1cccs1. The Kier molecular flexibility index (Phi) is 4.61. The van der Waals surface area contributed by atoms with Crippen molar-refractivity contribution in [3.8, 4) is 0 Å². The summed E-state index contributed by atoms with van der Waals surface area (Å²) in [7, 11) is -3.82. The first-order valence-corrected chi connectivity index (χ1v) is 8.73. The predicted octanol–water partition coefficient (Wildman–Crippen LogP) is 3.68. The van der Waals surface area contributed by atoms with Crippen molar-refractivity contribution in [2.24, 2.45) is 0 Å². The smallest absolute Gasteiger partial charge is 0.244 e. The first-order valence-electron chi connectivity index (χ1n) is 5.61. The van der Waals surface area contributed by atoms with Gasteiger partial charge in [0.05, 0.1) is 16.8 Å². The zero-order chi connectivity index (χ0) is 14.9. The zero-order valence-electron chi connectivity index (χ0n) is 10.4. The molecule has 4 nitrogen and oxygen atoms in total. The van der Waals surface area contributed by atoms with Gasteiger partial charge >= 0.3 is 0 Å². The van der Waals surface area contributed by atoms with Crippen molar-refractivity contribution in [2.45, 2.75) is 17.9 Å². The van der Waals surface area contributed by atoms with Gasteiger partial charge in [-0.15, -0.1) is 11.3 Å². The van der Waals surface area contributed by atoms with Crippen molar-refractivity contribution >= 4 is 50.2 Å². The Morgan fingerprint density at radius 1 is 1.35 bits per heavy atom. The average Bonchev–Trinajstić information content (AvgIpc) is 2.78. The molecule has 1 aromatic carbocycles. The Labute approximate surface area is 131 Å². The van der Waals surface area contributed by atoms with Crippen molar-refractivity contribution in [1.29, 1.82) is 0 Å². The molecule has 0 bridgehead atoms. The lowest BCUT2D eigenvalue weighted by Crippen LogP contribution is -2.27. The first kappa shape index (κ1) is 15.6. The van der Waals surface area contributed by atoms with E-state index in [4.69, 9.17) is 28.9 Å². The predicted molar refractivity (Wildman–Crippen MR) is 83.9 cm³/mol. The molecule has 0 aliphatic heterocycles. The fraction of sp³-hybridized carbons (Fsp3) is 0.167. The van der Waals surface area contributed by atoms with Gasteiger partial charge in [0, 0.05) is 9.90 Å². The van der Waals surface area contributed by atoms with Crippen LogP contribution in [0.1, 0.15) is 17.8 Å². The lowest BCUT2D eigenvalue weighted by Gasteiger charge is -2.15. The van der Waals surface area contributed by atoms with E-state index in [-0.39, 0.29) is 26.7 Å². The van der Waals surface area contributed by atoms with Gasteiger partial charge in [0.25, 0.3) is 0 Å². The van der Waals surface area contributed by atoms with Crippen LogP contribution in [0, 0.1) is 0 Å². The van der Waals surface area contributed by atoms with Crippen molar-refractivity contribution < 1.29 is 8.42 Å². The highest BCUT2D eigenvalue weighted by atomic mass is 35.5. The number of nitrogens with one attached hydrogen (secondary N) is 1. The summed E-state index contributed by atoms with van der Waals surface area (Å²) in [5.41, 5.74) is 5.74. The lowest BCUT2D eigenvalue weighted by atomic mass is 10.3. The minimum Gasteiger partial charge on any atom is -0.398 e. The van der Waals surface area contributed by atoms with Crippen LogP contribution in [-0.4, -0.2) is 8.42 Å². The number of benzene rings is 1. The van der Waals surface area contributed by atoms with E-state index in [0.717, 1.165) is 4.88 Å². The highest BCUT2D eigenvalue weighted by Gasteiger charge is 2.24. The van der Waals surface area contributed by atoms with Gasteiger partial charge < -0.3 is 5.73 Å². The molecule has 0 radical (unpaired) electrons. The molecule has 1 heterocycles. The molecule has 0 aliphatic carbocycles. The number of anilines is 1. The molecule has 0 saturated carbocycles. The van der Waals surface area contributed by atoms with Gasteiger partial charge in [0.15, 0.2) is 0 Å². The number of nitrogens with two attached hydrogens (primary N) is 1. The molecule has 0 spiro atoms. The quantitative estimate of drug-likeness (QED) is 0.826. The molecule has 1 atom stereocenters. The molecule has 0 aliphatic rings. The molecule has 8 heteroatoms. The van der Waals surface area contributed by atoms with Crippen LogP contribution in [0.25, 0.3) is 0 Å². The van der Waals surface area contributed by atoms with Gasteiger partial charge in [-0.25, -0.2) is 13.1 Å². The highest BCUT2D eigenvalue weighted by Crippen LogP contribution is 2.32. The fourth-order valence-corrected chi connectivity index (χ4v) is 4.77. The minimum absolute atomic E-state index is 0.000814. The summed E-state index contributed by atoms with van der Waals surface area (Å²) in [6, 6.07) is 6.05. The summed E-state index contributed by atoms with van der Waals surface area (Å²) in [6.07, 6.45) is 0. The molecule has 3 N–H and O–H groups in total. The Morgan fingerprint density at radius 3 is 2.60 bits per heavy atom. The van der Waals surface area contributed by atoms with E-state index in [1.807, 2.05) is 17.5 Å². The highest BCUT2D eigenvalue weighted by molar-refractivity contribution is 7.89. The molecule has 20 heavy (non-hydrogen) atoms. The number of nitrogen functional groups attached to an aromatic ring is 1. The van der Waals surface area contributed by atoms with Crippen LogP contribution < -0.4 is 10.5 Å². The zero-order valence-corrected chi connectivity index (χ0v) is 13.6. The molecular weight excluding hydrogens is 339 g/mol. The first-order chi connectivity index (χ1) is 9.31. The topological polar surface area (TPSA) is 72.2 Å². The van der Waals surface area contributed by atoms with E-state index in [2.05, 4.69) is 4.72 Å². The Balaban J connectivity index is 2.37. The third kappa shape index (κ3) is 3.27. The maximum absolute atomic E-state index is 12.4. The molecular formula is C12H12Cl2N2O2S2. The van der Waals surface area contributed by atoms with E-state index in [9.17, 15) is 8.42 Å². The van der Waals surface area contributed by atoms with Gasteiger partial charge in [-0.1, -0.05) is 29.3 Å². The summed E-state index contributed by atoms with van der Waals surface area (Å²) < 4.78 is 27.3.